The van der Waals surface area contributed by atoms with Gasteiger partial charge in [0.15, 0.2) is 0 Å². The molecular weight excluding hydrogens is 168 g/mol. The number of rotatable bonds is 6. The lowest BCUT2D eigenvalue weighted by atomic mass is 10.0. The van der Waals surface area contributed by atoms with Gasteiger partial charge in [-0.3, -0.25) is 0 Å². The Morgan fingerprint density at radius 3 is 2.85 bits per heavy atom. The SMILES string of the molecule is OCCCCC(O)CC1CCCO1. The van der Waals surface area contributed by atoms with Crippen molar-refractivity contribution in [2.24, 2.45) is 0 Å². The zero-order valence-corrected chi connectivity index (χ0v) is 8.11. The Balaban J connectivity index is 1.99. The largest absolute Gasteiger partial charge is 0.396 e. The molecule has 0 saturated carbocycles. The second-order valence-corrected chi connectivity index (χ2v) is 3.74. The molecule has 0 aromatic heterocycles. The maximum absolute atomic E-state index is 9.57. The van der Waals surface area contributed by atoms with Gasteiger partial charge in [-0.1, -0.05) is 0 Å². The van der Waals surface area contributed by atoms with Gasteiger partial charge in [0.05, 0.1) is 12.2 Å². The van der Waals surface area contributed by atoms with E-state index in [1.54, 1.807) is 0 Å². The van der Waals surface area contributed by atoms with E-state index in [2.05, 4.69) is 0 Å². The molecule has 3 heteroatoms. The minimum atomic E-state index is -0.241. The number of aliphatic hydroxyl groups is 2. The van der Waals surface area contributed by atoms with E-state index in [1.165, 1.54) is 0 Å². The highest BCUT2D eigenvalue weighted by atomic mass is 16.5. The van der Waals surface area contributed by atoms with E-state index < -0.39 is 0 Å². The minimum absolute atomic E-state index is 0.229. The molecule has 2 atom stereocenters. The Morgan fingerprint density at radius 2 is 2.23 bits per heavy atom. The summed E-state index contributed by atoms with van der Waals surface area (Å²) in [6.07, 6.45) is 5.53. The Bertz CT molecular complexity index is 121. The molecule has 0 aromatic carbocycles. The van der Waals surface area contributed by atoms with Gasteiger partial charge < -0.3 is 14.9 Å². The summed E-state index contributed by atoms with van der Waals surface area (Å²) in [6.45, 7) is 1.08. The minimum Gasteiger partial charge on any atom is -0.396 e. The highest BCUT2D eigenvalue weighted by Crippen LogP contribution is 2.18. The van der Waals surface area contributed by atoms with Crippen LogP contribution in [-0.4, -0.2) is 35.6 Å². The summed E-state index contributed by atoms with van der Waals surface area (Å²) in [7, 11) is 0. The summed E-state index contributed by atoms with van der Waals surface area (Å²) in [5.74, 6) is 0. The molecule has 1 rings (SSSR count). The van der Waals surface area contributed by atoms with E-state index in [-0.39, 0.29) is 18.8 Å². The molecule has 2 N–H and O–H groups in total. The van der Waals surface area contributed by atoms with Crippen molar-refractivity contribution in [3.05, 3.63) is 0 Å². The molecule has 1 aliphatic rings. The van der Waals surface area contributed by atoms with Crippen LogP contribution in [0.5, 0.6) is 0 Å². The fourth-order valence-electron chi connectivity index (χ4n) is 1.74. The number of hydrogen-bond donors (Lipinski definition) is 2. The van der Waals surface area contributed by atoms with Crippen molar-refractivity contribution in [2.45, 2.75) is 50.7 Å². The Morgan fingerprint density at radius 1 is 1.38 bits per heavy atom. The predicted molar refractivity (Wildman–Crippen MR) is 50.5 cm³/mol. The molecule has 0 aromatic rings. The van der Waals surface area contributed by atoms with E-state index >= 15 is 0 Å². The van der Waals surface area contributed by atoms with Crippen LogP contribution >= 0.6 is 0 Å². The molecular formula is C10H20O3. The van der Waals surface area contributed by atoms with E-state index in [0.717, 1.165) is 45.1 Å². The van der Waals surface area contributed by atoms with E-state index in [0.29, 0.717) is 0 Å². The molecule has 13 heavy (non-hydrogen) atoms. The van der Waals surface area contributed by atoms with Gasteiger partial charge in [0.25, 0.3) is 0 Å². The second kappa shape index (κ2) is 6.35. The van der Waals surface area contributed by atoms with Gasteiger partial charge in [-0.25, -0.2) is 0 Å². The van der Waals surface area contributed by atoms with E-state index in [1.807, 2.05) is 0 Å². The molecule has 78 valence electrons. The normalized spacial score (nSPS) is 24.9. The van der Waals surface area contributed by atoms with E-state index in [9.17, 15) is 5.11 Å². The van der Waals surface area contributed by atoms with Crippen LogP contribution in [0, 0.1) is 0 Å². The van der Waals surface area contributed by atoms with Gasteiger partial charge in [0.1, 0.15) is 0 Å². The summed E-state index contributed by atoms with van der Waals surface area (Å²) in [5.41, 5.74) is 0. The molecule has 3 nitrogen and oxygen atoms in total. The van der Waals surface area contributed by atoms with Crippen LogP contribution in [0.4, 0.5) is 0 Å². The van der Waals surface area contributed by atoms with Crippen molar-refractivity contribution in [3.63, 3.8) is 0 Å². The first-order chi connectivity index (χ1) is 6.33. The molecule has 0 amide bonds. The summed E-state index contributed by atoms with van der Waals surface area (Å²) < 4.78 is 5.42. The molecule has 0 bridgehead atoms. The van der Waals surface area contributed by atoms with Gasteiger partial charge in [-0.15, -0.1) is 0 Å². The van der Waals surface area contributed by atoms with Crippen molar-refractivity contribution < 1.29 is 14.9 Å². The van der Waals surface area contributed by atoms with Crippen molar-refractivity contribution in [2.75, 3.05) is 13.2 Å². The van der Waals surface area contributed by atoms with Gasteiger partial charge >= 0.3 is 0 Å². The van der Waals surface area contributed by atoms with Crippen LogP contribution < -0.4 is 0 Å². The zero-order valence-electron chi connectivity index (χ0n) is 8.11. The van der Waals surface area contributed by atoms with Gasteiger partial charge in [-0.05, 0) is 38.5 Å². The summed E-state index contributed by atoms with van der Waals surface area (Å²) >= 11 is 0. The third kappa shape index (κ3) is 4.60. The third-order valence-corrected chi connectivity index (χ3v) is 2.50. The lowest BCUT2D eigenvalue weighted by Crippen LogP contribution is -2.16. The Kier molecular flexibility index (Phi) is 5.35. The molecule has 0 spiro atoms. The van der Waals surface area contributed by atoms with E-state index in [4.69, 9.17) is 9.84 Å². The van der Waals surface area contributed by atoms with Crippen LogP contribution in [0.15, 0.2) is 0 Å². The highest BCUT2D eigenvalue weighted by Gasteiger charge is 2.18. The number of unbranched alkanes of at least 4 members (excludes halogenated alkanes) is 1. The summed E-state index contributed by atoms with van der Waals surface area (Å²) in [4.78, 5) is 0. The van der Waals surface area contributed by atoms with Crippen molar-refractivity contribution >= 4 is 0 Å². The van der Waals surface area contributed by atoms with Gasteiger partial charge in [-0.2, -0.15) is 0 Å². The molecule has 0 aliphatic carbocycles. The first-order valence-electron chi connectivity index (χ1n) is 5.23. The van der Waals surface area contributed by atoms with Crippen LogP contribution in [0.25, 0.3) is 0 Å². The van der Waals surface area contributed by atoms with Crippen molar-refractivity contribution in [1.82, 2.24) is 0 Å². The fourth-order valence-corrected chi connectivity index (χ4v) is 1.74. The second-order valence-electron chi connectivity index (χ2n) is 3.74. The highest BCUT2D eigenvalue weighted by molar-refractivity contribution is 4.69. The van der Waals surface area contributed by atoms with Crippen LogP contribution in [-0.2, 0) is 4.74 Å². The standard InChI is InChI=1S/C10H20O3/c11-6-2-1-4-9(12)8-10-5-3-7-13-10/h9-12H,1-8H2. The topological polar surface area (TPSA) is 49.7 Å². The summed E-state index contributed by atoms with van der Waals surface area (Å²) in [6, 6.07) is 0. The zero-order chi connectivity index (χ0) is 9.52. The molecule has 0 radical (unpaired) electrons. The summed E-state index contributed by atoms with van der Waals surface area (Å²) in [5, 5.41) is 18.1. The molecule has 1 aliphatic heterocycles. The lowest BCUT2D eigenvalue weighted by Gasteiger charge is -2.14. The Labute approximate surface area is 79.7 Å². The molecule has 2 unspecified atom stereocenters. The number of hydrogen-bond acceptors (Lipinski definition) is 3. The fraction of sp³-hybridized carbons (Fsp3) is 1.00. The lowest BCUT2D eigenvalue weighted by molar-refractivity contribution is 0.0492. The quantitative estimate of drug-likeness (QED) is 0.613. The monoisotopic (exact) mass is 188 g/mol. The van der Waals surface area contributed by atoms with Gasteiger partial charge in [0, 0.05) is 13.2 Å². The molecule has 1 fully saturated rings. The maximum Gasteiger partial charge on any atom is 0.0600 e. The average Bonchev–Trinajstić information content (AvgIpc) is 2.57. The van der Waals surface area contributed by atoms with Crippen LogP contribution in [0.1, 0.15) is 38.5 Å². The van der Waals surface area contributed by atoms with Crippen LogP contribution in [0.2, 0.25) is 0 Å². The predicted octanol–water partition coefficient (Wildman–Crippen LogP) is 1.08. The smallest absolute Gasteiger partial charge is 0.0600 e. The maximum atomic E-state index is 9.57. The van der Waals surface area contributed by atoms with Crippen molar-refractivity contribution in [1.29, 1.82) is 0 Å². The molecule has 1 saturated heterocycles. The first-order valence-corrected chi connectivity index (χ1v) is 5.23. The van der Waals surface area contributed by atoms with Gasteiger partial charge in [0.2, 0.25) is 0 Å². The first kappa shape index (κ1) is 11.0. The average molecular weight is 188 g/mol. The molecule has 1 heterocycles. The van der Waals surface area contributed by atoms with Crippen molar-refractivity contribution in [3.8, 4) is 0 Å². The Hall–Kier alpha value is -0.120. The number of aliphatic hydroxyl groups excluding tert-OH is 2. The third-order valence-electron chi connectivity index (χ3n) is 2.50. The number of ether oxygens (including phenoxy) is 1. The van der Waals surface area contributed by atoms with Crippen LogP contribution in [0.3, 0.4) is 0 Å².